The minimum Gasteiger partial charge on any atom is -0.505 e. The molecule has 6 nitrogen and oxygen atoms in total. The van der Waals surface area contributed by atoms with Gasteiger partial charge in [-0.2, -0.15) is 0 Å². The number of aryl methyl sites for hydroxylation is 1. The van der Waals surface area contributed by atoms with Crippen molar-refractivity contribution < 1.29 is 19.7 Å². The summed E-state index contributed by atoms with van der Waals surface area (Å²) >= 11 is 0. The molecule has 1 aliphatic carbocycles. The fourth-order valence-electron chi connectivity index (χ4n) is 3.34. The van der Waals surface area contributed by atoms with Crippen LogP contribution < -0.4 is 9.47 Å². The van der Waals surface area contributed by atoms with Crippen LogP contribution in [0.15, 0.2) is 29.4 Å². The zero-order valence-corrected chi connectivity index (χ0v) is 14.0. The smallest absolute Gasteiger partial charge is 0.251 e. The Hall–Kier alpha value is -2.60. The second kappa shape index (κ2) is 6.04. The van der Waals surface area contributed by atoms with Crippen molar-refractivity contribution in [3.8, 4) is 17.2 Å². The summed E-state index contributed by atoms with van der Waals surface area (Å²) in [5, 5.41) is 19.6. The van der Waals surface area contributed by atoms with Crippen molar-refractivity contribution in [3.05, 3.63) is 41.2 Å². The molecule has 2 aromatic rings. The Morgan fingerprint density at radius 2 is 2.00 bits per heavy atom. The number of aliphatic imine (C=N–C) groups is 1. The van der Waals surface area contributed by atoms with E-state index in [0.717, 1.165) is 31.4 Å². The average molecular weight is 340 g/mol. The van der Waals surface area contributed by atoms with E-state index in [-0.39, 0.29) is 12.4 Å². The molecule has 6 heteroatoms. The van der Waals surface area contributed by atoms with Gasteiger partial charge in [-0.05, 0) is 31.9 Å². The van der Waals surface area contributed by atoms with Crippen molar-refractivity contribution in [1.29, 1.82) is 0 Å². The molecule has 2 heterocycles. The monoisotopic (exact) mass is 340 g/mol. The predicted octanol–water partition coefficient (Wildman–Crippen LogP) is 3.38. The van der Waals surface area contributed by atoms with Gasteiger partial charge in [0, 0.05) is 42.4 Å². The van der Waals surface area contributed by atoms with E-state index >= 15 is 0 Å². The van der Waals surface area contributed by atoms with Crippen LogP contribution in [-0.4, -0.2) is 27.2 Å². The number of benzene rings is 1. The molecular weight excluding hydrogens is 320 g/mol. The van der Waals surface area contributed by atoms with Crippen molar-refractivity contribution in [2.24, 2.45) is 4.99 Å². The minimum atomic E-state index is -0.491. The van der Waals surface area contributed by atoms with E-state index in [1.807, 2.05) is 18.2 Å². The molecule has 0 amide bonds. The molecule has 0 radical (unpaired) electrons. The Bertz CT molecular complexity index is 842. The summed E-state index contributed by atoms with van der Waals surface area (Å²) in [6, 6.07) is 5.54. The molecule has 25 heavy (non-hydrogen) atoms. The number of aliphatic hydroxyl groups is 1. The molecule has 1 aromatic carbocycles. The van der Waals surface area contributed by atoms with Gasteiger partial charge in [0.15, 0.2) is 11.5 Å². The van der Waals surface area contributed by atoms with Gasteiger partial charge in [-0.1, -0.05) is 0 Å². The molecule has 1 saturated carbocycles. The van der Waals surface area contributed by atoms with E-state index < -0.39 is 5.79 Å². The normalized spacial score (nSPS) is 17.7. The highest BCUT2D eigenvalue weighted by Crippen LogP contribution is 2.47. The van der Waals surface area contributed by atoms with Crippen molar-refractivity contribution in [2.75, 3.05) is 0 Å². The zero-order valence-electron chi connectivity index (χ0n) is 14.0. The molecule has 130 valence electrons. The number of nitrogens with zero attached hydrogens (tertiary/aromatic N) is 2. The topological polar surface area (TPSA) is 84.2 Å². The van der Waals surface area contributed by atoms with E-state index in [9.17, 15) is 10.2 Å². The van der Waals surface area contributed by atoms with Crippen LogP contribution in [0, 0.1) is 6.92 Å². The van der Waals surface area contributed by atoms with Gasteiger partial charge in [-0.3, -0.25) is 9.98 Å². The van der Waals surface area contributed by atoms with Gasteiger partial charge in [-0.25, -0.2) is 0 Å². The lowest BCUT2D eigenvalue weighted by molar-refractivity contribution is -0.0716. The zero-order chi connectivity index (χ0) is 17.4. The summed E-state index contributed by atoms with van der Waals surface area (Å²) < 4.78 is 12.0. The third-order valence-electron chi connectivity index (χ3n) is 4.76. The maximum Gasteiger partial charge on any atom is 0.251 e. The lowest BCUT2D eigenvalue weighted by Gasteiger charge is -2.21. The number of hydrogen-bond donors (Lipinski definition) is 2. The Balaban J connectivity index is 1.61. The minimum absolute atomic E-state index is 0.0287. The van der Waals surface area contributed by atoms with Crippen LogP contribution in [0.5, 0.6) is 17.2 Å². The summed E-state index contributed by atoms with van der Waals surface area (Å²) in [5.41, 5.74) is 2.18. The Kier molecular flexibility index (Phi) is 3.84. The number of rotatable bonds is 3. The first-order valence-electron chi connectivity index (χ1n) is 8.45. The first kappa shape index (κ1) is 15.9. The fraction of sp³-hybridized carbons (Fsp3) is 0.368. The van der Waals surface area contributed by atoms with Crippen LogP contribution in [0.1, 0.15) is 42.5 Å². The molecular formula is C19H20N2O4. The molecule has 2 N–H and O–H groups in total. The van der Waals surface area contributed by atoms with Crippen LogP contribution >= 0.6 is 0 Å². The van der Waals surface area contributed by atoms with Crippen molar-refractivity contribution in [3.63, 3.8) is 0 Å². The predicted molar refractivity (Wildman–Crippen MR) is 92.7 cm³/mol. The van der Waals surface area contributed by atoms with Crippen molar-refractivity contribution in [2.45, 2.75) is 45.0 Å². The quantitative estimate of drug-likeness (QED) is 0.837. The molecule has 0 bridgehead atoms. The Labute approximate surface area is 145 Å². The third kappa shape index (κ3) is 2.82. The summed E-state index contributed by atoms with van der Waals surface area (Å²) in [5.74, 6) is 0.990. The van der Waals surface area contributed by atoms with Gasteiger partial charge in [0.05, 0.1) is 18.0 Å². The van der Waals surface area contributed by atoms with E-state index in [0.29, 0.717) is 28.3 Å². The standard InChI is InChI=1S/C19H20N2O4/c1-12-18(23)15(13(11-22)9-20-12)10-21-14-4-5-16-17(8-14)25-19(24-16)6-2-3-7-19/h4-5,8-10,22-23H,2-3,6-7,11H2,1H3. The maximum atomic E-state index is 10.2. The van der Waals surface area contributed by atoms with Gasteiger partial charge >= 0.3 is 0 Å². The number of fused-ring (bicyclic) bond motifs is 1. The molecule has 0 atom stereocenters. The van der Waals surface area contributed by atoms with E-state index in [1.54, 1.807) is 19.3 Å². The average Bonchev–Trinajstić information content (AvgIpc) is 3.21. The van der Waals surface area contributed by atoms with Crippen LogP contribution in [0.25, 0.3) is 0 Å². The number of ether oxygens (including phenoxy) is 2. The Morgan fingerprint density at radius 3 is 2.76 bits per heavy atom. The molecule has 1 aromatic heterocycles. The highest BCUT2D eigenvalue weighted by molar-refractivity contribution is 5.87. The highest BCUT2D eigenvalue weighted by Gasteiger charge is 2.44. The van der Waals surface area contributed by atoms with E-state index in [2.05, 4.69) is 9.98 Å². The van der Waals surface area contributed by atoms with Crippen molar-refractivity contribution in [1.82, 2.24) is 4.98 Å². The molecule has 1 spiro atoms. The van der Waals surface area contributed by atoms with Gasteiger partial charge in [-0.15, -0.1) is 0 Å². The van der Waals surface area contributed by atoms with Gasteiger partial charge in [0.2, 0.25) is 0 Å². The van der Waals surface area contributed by atoms with E-state index in [1.165, 1.54) is 0 Å². The maximum absolute atomic E-state index is 10.2. The lowest BCUT2D eigenvalue weighted by Crippen LogP contribution is -2.34. The van der Waals surface area contributed by atoms with E-state index in [4.69, 9.17) is 9.47 Å². The highest BCUT2D eigenvalue weighted by atomic mass is 16.7. The second-order valence-corrected chi connectivity index (χ2v) is 6.50. The first-order valence-corrected chi connectivity index (χ1v) is 8.45. The molecule has 0 unspecified atom stereocenters. The van der Waals surface area contributed by atoms with Crippen LogP contribution in [0.2, 0.25) is 0 Å². The molecule has 1 fully saturated rings. The Morgan fingerprint density at radius 1 is 1.24 bits per heavy atom. The number of aromatic nitrogens is 1. The third-order valence-corrected chi connectivity index (χ3v) is 4.76. The lowest BCUT2D eigenvalue weighted by atomic mass is 10.1. The largest absolute Gasteiger partial charge is 0.505 e. The van der Waals surface area contributed by atoms with Crippen LogP contribution in [0.4, 0.5) is 5.69 Å². The van der Waals surface area contributed by atoms with Crippen molar-refractivity contribution >= 4 is 11.9 Å². The number of aliphatic hydroxyl groups excluding tert-OH is 1. The fourth-order valence-corrected chi connectivity index (χ4v) is 3.34. The molecule has 0 saturated heterocycles. The second-order valence-electron chi connectivity index (χ2n) is 6.50. The van der Waals surface area contributed by atoms with Gasteiger partial charge in [0.1, 0.15) is 5.75 Å². The van der Waals surface area contributed by atoms with Gasteiger partial charge in [0.25, 0.3) is 5.79 Å². The van der Waals surface area contributed by atoms with Crippen LogP contribution in [0.3, 0.4) is 0 Å². The summed E-state index contributed by atoms with van der Waals surface area (Å²) in [6.45, 7) is 1.49. The first-order chi connectivity index (χ1) is 12.1. The number of hydrogen-bond acceptors (Lipinski definition) is 6. The summed E-state index contributed by atoms with van der Waals surface area (Å²) in [7, 11) is 0. The molecule has 2 aliphatic rings. The van der Waals surface area contributed by atoms with Gasteiger partial charge < -0.3 is 19.7 Å². The number of pyridine rings is 1. The van der Waals surface area contributed by atoms with Crippen LogP contribution in [-0.2, 0) is 6.61 Å². The molecule has 4 rings (SSSR count). The SMILES string of the molecule is Cc1ncc(CO)c(C=Nc2ccc3c(c2)OC2(CCCC2)O3)c1O. The number of aromatic hydroxyl groups is 1. The summed E-state index contributed by atoms with van der Waals surface area (Å²) in [4.78, 5) is 8.46. The summed E-state index contributed by atoms with van der Waals surface area (Å²) in [6.07, 6.45) is 7.13. The molecule has 1 aliphatic heterocycles.